The van der Waals surface area contributed by atoms with Crippen molar-refractivity contribution in [2.75, 3.05) is 12.3 Å². The molecule has 2 rings (SSSR count). The van der Waals surface area contributed by atoms with Crippen LogP contribution in [-0.4, -0.2) is 27.2 Å². The third-order valence-electron chi connectivity index (χ3n) is 2.59. The molecule has 0 fully saturated rings. The van der Waals surface area contributed by atoms with Gasteiger partial charge in [-0.25, -0.2) is 13.8 Å². The van der Waals surface area contributed by atoms with E-state index in [1.807, 2.05) is 0 Å². The number of nitrogen functional groups attached to an aromatic ring is 1. The summed E-state index contributed by atoms with van der Waals surface area (Å²) in [5.74, 6) is -1.88. The van der Waals surface area contributed by atoms with Crippen LogP contribution in [0.5, 0.6) is 0 Å². The van der Waals surface area contributed by atoms with E-state index in [0.717, 1.165) is 12.1 Å². The molecule has 0 aliphatic carbocycles. The zero-order valence-corrected chi connectivity index (χ0v) is 10.7. The molecule has 1 amide bonds. The number of halogens is 2. The molecule has 0 atom stereocenters. The first-order valence-corrected chi connectivity index (χ1v) is 5.84. The van der Waals surface area contributed by atoms with E-state index in [0.29, 0.717) is 12.2 Å². The molecule has 0 aliphatic rings. The van der Waals surface area contributed by atoms with Gasteiger partial charge in [0.2, 0.25) is 0 Å². The summed E-state index contributed by atoms with van der Waals surface area (Å²) in [6.45, 7) is 0.207. The molecule has 8 heteroatoms. The summed E-state index contributed by atoms with van der Waals surface area (Å²) >= 11 is 0. The molecule has 1 aromatic carbocycles. The summed E-state index contributed by atoms with van der Waals surface area (Å²) in [5.41, 5.74) is 4.44. The quantitative estimate of drug-likeness (QED) is 0.806. The molecule has 0 unspecified atom stereocenters. The predicted molar refractivity (Wildman–Crippen MR) is 67.8 cm³/mol. The van der Waals surface area contributed by atoms with Crippen LogP contribution in [0.2, 0.25) is 0 Å². The summed E-state index contributed by atoms with van der Waals surface area (Å²) in [5, 5.41) is 6.49. The molecule has 1 aromatic heterocycles. The molecular weight excluding hydrogens is 268 g/mol. The maximum Gasteiger partial charge on any atom is 0.254 e. The van der Waals surface area contributed by atoms with Crippen LogP contribution < -0.4 is 11.1 Å². The molecule has 0 radical (unpaired) electrons. The number of carbonyl (C=O) groups excluding carboxylic acids is 1. The first-order chi connectivity index (χ1) is 9.47. The van der Waals surface area contributed by atoms with Crippen LogP contribution >= 0.6 is 0 Å². The SMILES string of the molecule is Cn1cnc(CCNC(=O)c2cc(F)cc(N)c2F)n1. The van der Waals surface area contributed by atoms with Crippen LogP contribution in [0.25, 0.3) is 0 Å². The number of anilines is 1. The molecular formula is C12H13F2N5O. The Morgan fingerprint density at radius 2 is 2.20 bits per heavy atom. The Kier molecular flexibility index (Phi) is 3.92. The van der Waals surface area contributed by atoms with Crippen LogP contribution in [0.15, 0.2) is 18.5 Å². The van der Waals surface area contributed by atoms with Gasteiger partial charge in [-0.05, 0) is 12.1 Å². The van der Waals surface area contributed by atoms with Crippen molar-refractivity contribution in [2.45, 2.75) is 6.42 Å². The molecule has 3 N–H and O–H groups in total. The van der Waals surface area contributed by atoms with Crippen molar-refractivity contribution in [3.8, 4) is 0 Å². The minimum atomic E-state index is -0.931. The minimum Gasteiger partial charge on any atom is -0.396 e. The Morgan fingerprint density at radius 1 is 1.45 bits per heavy atom. The lowest BCUT2D eigenvalue weighted by atomic mass is 10.1. The number of hydrogen-bond acceptors (Lipinski definition) is 4. The van der Waals surface area contributed by atoms with E-state index >= 15 is 0 Å². The van der Waals surface area contributed by atoms with Gasteiger partial charge in [0, 0.05) is 20.0 Å². The number of amides is 1. The number of rotatable bonds is 4. The van der Waals surface area contributed by atoms with Crippen molar-refractivity contribution in [3.05, 3.63) is 41.5 Å². The molecule has 0 aliphatic heterocycles. The second-order valence-electron chi connectivity index (χ2n) is 4.20. The van der Waals surface area contributed by atoms with Crippen molar-refractivity contribution in [2.24, 2.45) is 7.05 Å². The standard InChI is InChI=1S/C12H13F2N5O/c1-19-6-17-10(18-19)2-3-16-12(20)8-4-7(13)5-9(15)11(8)14/h4-6H,2-3,15H2,1H3,(H,16,20). The third kappa shape index (κ3) is 3.08. The molecule has 20 heavy (non-hydrogen) atoms. The number of nitrogens with two attached hydrogens (primary N) is 1. The second-order valence-corrected chi connectivity index (χ2v) is 4.20. The van der Waals surface area contributed by atoms with Crippen molar-refractivity contribution in [1.29, 1.82) is 0 Å². The van der Waals surface area contributed by atoms with Crippen LogP contribution in [0.1, 0.15) is 16.2 Å². The van der Waals surface area contributed by atoms with Gasteiger partial charge in [-0.3, -0.25) is 9.48 Å². The monoisotopic (exact) mass is 281 g/mol. The lowest BCUT2D eigenvalue weighted by Crippen LogP contribution is -2.27. The van der Waals surface area contributed by atoms with E-state index in [-0.39, 0.29) is 6.54 Å². The van der Waals surface area contributed by atoms with E-state index in [4.69, 9.17) is 5.73 Å². The zero-order valence-electron chi connectivity index (χ0n) is 10.7. The summed E-state index contributed by atoms with van der Waals surface area (Å²) in [4.78, 5) is 15.7. The average Bonchev–Trinajstić information content (AvgIpc) is 2.79. The summed E-state index contributed by atoms with van der Waals surface area (Å²) < 4.78 is 28.2. The summed E-state index contributed by atoms with van der Waals surface area (Å²) in [6, 6.07) is 1.63. The fourth-order valence-electron chi connectivity index (χ4n) is 1.66. The molecule has 0 spiro atoms. The van der Waals surface area contributed by atoms with E-state index in [1.54, 1.807) is 7.05 Å². The molecule has 0 bridgehead atoms. The van der Waals surface area contributed by atoms with Gasteiger partial charge in [-0.2, -0.15) is 5.10 Å². The van der Waals surface area contributed by atoms with E-state index in [9.17, 15) is 13.6 Å². The molecule has 106 valence electrons. The first kappa shape index (κ1) is 13.9. The van der Waals surface area contributed by atoms with Crippen molar-refractivity contribution in [3.63, 3.8) is 0 Å². The van der Waals surface area contributed by atoms with Gasteiger partial charge in [0.05, 0.1) is 11.3 Å². The maximum absolute atomic E-state index is 13.6. The molecule has 1 heterocycles. The highest BCUT2D eigenvalue weighted by Crippen LogP contribution is 2.17. The largest absolute Gasteiger partial charge is 0.396 e. The Hall–Kier alpha value is -2.51. The highest BCUT2D eigenvalue weighted by Gasteiger charge is 2.15. The highest BCUT2D eigenvalue weighted by molar-refractivity contribution is 5.95. The van der Waals surface area contributed by atoms with E-state index in [2.05, 4.69) is 15.4 Å². The van der Waals surface area contributed by atoms with Gasteiger partial charge >= 0.3 is 0 Å². The number of hydrogen-bond donors (Lipinski definition) is 2. The number of aryl methyl sites for hydroxylation is 1. The average molecular weight is 281 g/mol. The molecule has 2 aromatic rings. The van der Waals surface area contributed by atoms with Crippen molar-refractivity contribution < 1.29 is 13.6 Å². The normalized spacial score (nSPS) is 10.6. The van der Waals surface area contributed by atoms with Gasteiger partial charge in [0.15, 0.2) is 11.6 Å². The first-order valence-electron chi connectivity index (χ1n) is 5.84. The Bertz CT molecular complexity index is 641. The summed E-state index contributed by atoms with van der Waals surface area (Å²) in [6.07, 6.45) is 1.92. The number of benzene rings is 1. The lowest BCUT2D eigenvalue weighted by molar-refractivity contribution is 0.0949. The fourth-order valence-corrected chi connectivity index (χ4v) is 1.66. The molecule has 0 saturated carbocycles. The Labute approximate surface area is 113 Å². The third-order valence-corrected chi connectivity index (χ3v) is 2.59. The zero-order chi connectivity index (χ0) is 14.7. The topological polar surface area (TPSA) is 85.8 Å². The Balaban J connectivity index is 1.98. The van der Waals surface area contributed by atoms with Crippen molar-refractivity contribution in [1.82, 2.24) is 20.1 Å². The Morgan fingerprint density at radius 3 is 2.85 bits per heavy atom. The van der Waals surface area contributed by atoms with Crippen molar-refractivity contribution >= 4 is 11.6 Å². The lowest BCUT2D eigenvalue weighted by Gasteiger charge is -2.07. The minimum absolute atomic E-state index is 0.207. The van der Waals surface area contributed by atoms with Crippen LogP contribution in [0.4, 0.5) is 14.5 Å². The molecule has 6 nitrogen and oxygen atoms in total. The number of carbonyl (C=O) groups is 1. The fraction of sp³-hybridized carbons (Fsp3) is 0.250. The van der Waals surface area contributed by atoms with Gasteiger partial charge in [0.25, 0.3) is 5.91 Å². The number of aromatic nitrogens is 3. The van der Waals surface area contributed by atoms with E-state index < -0.39 is 28.8 Å². The second kappa shape index (κ2) is 5.64. The van der Waals surface area contributed by atoms with Gasteiger partial charge in [0.1, 0.15) is 12.1 Å². The van der Waals surface area contributed by atoms with Crippen LogP contribution in [0, 0.1) is 11.6 Å². The smallest absolute Gasteiger partial charge is 0.254 e. The maximum atomic E-state index is 13.6. The summed E-state index contributed by atoms with van der Waals surface area (Å²) in [7, 11) is 1.72. The predicted octanol–water partition coefficient (Wildman–Crippen LogP) is 0.648. The van der Waals surface area contributed by atoms with E-state index in [1.165, 1.54) is 11.0 Å². The highest BCUT2D eigenvalue weighted by atomic mass is 19.1. The number of nitrogens with one attached hydrogen (secondary N) is 1. The van der Waals surface area contributed by atoms with Crippen LogP contribution in [0.3, 0.4) is 0 Å². The number of nitrogens with zero attached hydrogens (tertiary/aromatic N) is 3. The van der Waals surface area contributed by atoms with Gasteiger partial charge in [-0.15, -0.1) is 0 Å². The van der Waals surface area contributed by atoms with Crippen LogP contribution in [-0.2, 0) is 13.5 Å². The molecule has 0 saturated heterocycles. The van der Waals surface area contributed by atoms with Gasteiger partial charge in [-0.1, -0.05) is 0 Å². The van der Waals surface area contributed by atoms with Gasteiger partial charge < -0.3 is 11.1 Å².